The van der Waals surface area contributed by atoms with Crippen LogP contribution in [0, 0.1) is 6.92 Å². The second kappa shape index (κ2) is 7.54. The second-order valence-corrected chi connectivity index (χ2v) is 8.06. The molecule has 0 unspecified atom stereocenters. The molecule has 0 radical (unpaired) electrons. The Morgan fingerprint density at radius 1 is 1.23 bits per heavy atom. The van der Waals surface area contributed by atoms with Gasteiger partial charge in [0.25, 0.3) is 5.56 Å². The lowest BCUT2D eigenvalue weighted by atomic mass is 10.1. The number of anilines is 1. The molecular weight excluding hydrogens is 428 g/mol. The molecule has 1 amide bonds. The van der Waals surface area contributed by atoms with Crippen molar-refractivity contribution in [1.29, 1.82) is 0 Å². The Kier molecular flexibility index (Phi) is 5.04. The Bertz CT molecular complexity index is 1410. The highest BCUT2D eigenvalue weighted by Crippen LogP contribution is 2.28. The zero-order valence-electron chi connectivity index (χ0n) is 16.3. The number of aromatic nitrogens is 5. The fraction of sp³-hybridized carbons (Fsp3) is 0.211. The van der Waals surface area contributed by atoms with Crippen molar-refractivity contribution in [3.05, 3.63) is 61.2 Å². The summed E-state index contributed by atoms with van der Waals surface area (Å²) in [6, 6.07) is 5.65. The Morgan fingerprint density at radius 3 is 2.73 bits per heavy atom. The van der Waals surface area contributed by atoms with Gasteiger partial charge in [0.2, 0.25) is 5.91 Å². The third-order valence-electron chi connectivity index (χ3n) is 4.77. The molecular formula is C19H17ClN6O3S. The predicted octanol–water partition coefficient (Wildman–Crippen LogP) is 2.16. The van der Waals surface area contributed by atoms with Crippen molar-refractivity contribution in [3.8, 4) is 11.3 Å². The van der Waals surface area contributed by atoms with Crippen molar-refractivity contribution in [2.45, 2.75) is 13.5 Å². The lowest BCUT2D eigenvalue weighted by molar-refractivity contribution is -0.116. The smallest absolute Gasteiger partial charge is 0.300 e. The number of benzene rings is 1. The minimum absolute atomic E-state index is 0.184. The summed E-state index contributed by atoms with van der Waals surface area (Å²) in [5.41, 5.74) is 2.11. The van der Waals surface area contributed by atoms with E-state index in [4.69, 9.17) is 11.6 Å². The van der Waals surface area contributed by atoms with Gasteiger partial charge in [-0.3, -0.25) is 18.7 Å². The minimum Gasteiger partial charge on any atom is -0.300 e. The first-order chi connectivity index (χ1) is 14.3. The van der Waals surface area contributed by atoms with Crippen LogP contribution in [0.2, 0.25) is 5.02 Å². The maximum absolute atomic E-state index is 12.5. The number of rotatable bonds is 4. The highest BCUT2D eigenvalue weighted by molar-refractivity contribution is 7.14. The molecule has 1 aromatic carbocycles. The van der Waals surface area contributed by atoms with Gasteiger partial charge in [0.05, 0.1) is 17.4 Å². The summed E-state index contributed by atoms with van der Waals surface area (Å²) in [5.74, 6) is -0.390. The maximum atomic E-state index is 12.5. The quantitative estimate of drug-likeness (QED) is 0.519. The molecule has 1 N–H and O–H groups in total. The molecule has 0 aliphatic heterocycles. The van der Waals surface area contributed by atoms with Crippen LogP contribution in [0.1, 0.15) is 5.56 Å². The van der Waals surface area contributed by atoms with Crippen LogP contribution in [0.3, 0.4) is 0 Å². The summed E-state index contributed by atoms with van der Waals surface area (Å²) in [7, 11) is 2.93. The van der Waals surface area contributed by atoms with E-state index in [0.29, 0.717) is 21.4 Å². The summed E-state index contributed by atoms with van der Waals surface area (Å²) in [6.45, 7) is 1.73. The van der Waals surface area contributed by atoms with Crippen LogP contribution >= 0.6 is 22.9 Å². The van der Waals surface area contributed by atoms with Crippen LogP contribution < -0.4 is 16.6 Å². The molecule has 3 aromatic heterocycles. The molecule has 0 spiro atoms. The molecule has 0 bridgehead atoms. The first-order valence-electron chi connectivity index (χ1n) is 8.89. The highest BCUT2D eigenvalue weighted by atomic mass is 35.5. The van der Waals surface area contributed by atoms with Crippen molar-refractivity contribution >= 4 is 45.0 Å². The summed E-state index contributed by atoms with van der Waals surface area (Å²) in [6.07, 6.45) is 1.40. The van der Waals surface area contributed by atoms with E-state index >= 15 is 0 Å². The van der Waals surface area contributed by atoms with Crippen molar-refractivity contribution in [1.82, 2.24) is 23.9 Å². The minimum atomic E-state index is -0.508. The number of carbonyl (C=O) groups excluding carboxylic acids is 1. The van der Waals surface area contributed by atoms with E-state index < -0.39 is 17.2 Å². The number of amides is 1. The molecule has 154 valence electrons. The topological polar surface area (TPSA) is 104 Å². The van der Waals surface area contributed by atoms with E-state index in [2.05, 4.69) is 15.4 Å². The lowest BCUT2D eigenvalue weighted by Gasteiger charge is -2.06. The molecule has 4 rings (SSSR count). The Balaban J connectivity index is 1.56. The van der Waals surface area contributed by atoms with E-state index in [-0.39, 0.29) is 12.1 Å². The van der Waals surface area contributed by atoms with Crippen LogP contribution in [0.25, 0.3) is 22.3 Å². The molecule has 0 saturated carbocycles. The van der Waals surface area contributed by atoms with Gasteiger partial charge in [-0.25, -0.2) is 14.5 Å². The SMILES string of the molecule is Cc1ccc(-c2csc(NC(=O)Cn3ncc4c3c(=O)n(C)c(=O)n4C)n2)cc1Cl. The molecule has 0 aliphatic carbocycles. The van der Waals surface area contributed by atoms with Gasteiger partial charge in [-0.1, -0.05) is 23.7 Å². The number of fused-ring (bicyclic) bond motifs is 1. The molecule has 4 aromatic rings. The van der Waals surface area contributed by atoms with Crippen molar-refractivity contribution in [3.63, 3.8) is 0 Å². The van der Waals surface area contributed by atoms with Crippen molar-refractivity contribution < 1.29 is 4.79 Å². The summed E-state index contributed by atoms with van der Waals surface area (Å²) >= 11 is 7.46. The number of hydrogen-bond acceptors (Lipinski definition) is 6. The van der Waals surface area contributed by atoms with Crippen molar-refractivity contribution in [2.24, 2.45) is 14.1 Å². The Morgan fingerprint density at radius 2 is 2.00 bits per heavy atom. The molecule has 0 aliphatic rings. The van der Waals surface area contributed by atoms with Gasteiger partial charge in [-0.15, -0.1) is 11.3 Å². The first kappa shape index (κ1) is 20.0. The Labute approximate surface area is 179 Å². The molecule has 11 heteroatoms. The average Bonchev–Trinajstić information content (AvgIpc) is 3.34. The standard InChI is InChI=1S/C19H17ClN6O3S/c1-10-4-5-11(6-12(10)20)13-9-30-18(22-13)23-15(27)8-26-16-14(7-21-26)24(2)19(29)25(3)17(16)28/h4-7,9H,8H2,1-3H3,(H,22,23,27). The van der Waals surface area contributed by atoms with Crippen LogP contribution in [-0.2, 0) is 25.4 Å². The van der Waals surface area contributed by atoms with Crippen LogP contribution in [0.4, 0.5) is 5.13 Å². The first-order valence-corrected chi connectivity index (χ1v) is 10.2. The molecule has 0 saturated heterocycles. The van der Waals surface area contributed by atoms with E-state index in [1.165, 1.54) is 33.8 Å². The molecule has 0 fully saturated rings. The maximum Gasteiger partial charge on any atom is 0.331 e. The van der Waals surface area contributed by atoms with Crippen LogP contribution in [-0.4, -0.2) is 29.8 Å². The van der Waals surface area contributed by atoms with Gasteiger partial charge in [-0.2, -0.15) is 5.10 Å². The summed E-state index contributed by atoms with van der Waals surface area (Å²) in [5, 5.41) is 9.71. The van der Waals surface area contributed by atoms with Gasteiger partial charge >= 0.3 is 5.69 Å². The predicted molar refractivity (Wildman–Crippen MR) is 116 cm³/mol. The highest BCUT2D eigenvalue weighted by Gasteiger charge is 2.17. The molecule has 9 nitrogen and oxygen atoms in total. The van der Waals surface area contributed by atoms with E-state index in [1.807, 2.05) is 30.5 Å². The van der Waals surface area contributed by atoms with Crippen LogP contribution in [0.5, 0.6) is 0 Å². The number of carbonyl (C=O) groups is 1. The largest absolute Gasteiger partial charge is 0.331 e. The number of aryl methyl sites for hydroxylation is 2. The number of halogens is 1. The van der Waals surface area contributed by atoms with Gasteiger partial charge in [0.1, 0.15) is 6.54 Å². The fourth-order valence-electron chi connectivity index (χ4n) is 3.05. The molecule has 0 atom stereocenters. The van der Waals surface area contributed by atoms with E-state index in [0.717, 1.165) is 15.7 Å². The summed E-state index contributed by atoms with van der Waals surface area (Å²) < 4.78 is 3.58. The number of nitrogens with zero attached hydrogens (tertiary/aromatic N) is 5. The third kappa shape index (κ3) is 3.44. The van der Waals surface area contributed by atoms with E-state index in [1.54, 1.807) is 7.05 Å². The van der Waals surface area contributed by atoms with Gasteiger partial charge in [0, 0.05) is 30.1 Å². The fourth-order valence-corrected chi connectivity index (χ4v) is 3.96. The van der Waals surface area contributed by atoms with Gasteiger partial charge in [0.15, 0.2) is 10.6 Å². The monoisotopic (exact) mass is 444 g/mol. The lowest BCUT2D eigenvalue weighted by Crippen LogP contribution is -2.37. The summed E-state index contributed by atoms with van der Waals surface area (Å²) in [4.78, 5) is 41.4. The van der Waals surface area contributed by atoms with E-state index in [9.17, 15) is 14.4 Å². The normalized spacial score (nSPS) is 11.2. The third-order valence-corrected chi connectivity index (χ3v) is 5.94. The average molecular weight is 445 g/mol. The number of thiazole rings is 1. The zero-order valence-corrected chi connectivity index (χ0v) is 17.9. The number of hydrogen-bond donors (Lipinski definition) is 1. The molecule has 3 heterocycles. The Hall–Kier alpha value is -3.24. The number of nitrogens with one attached hydrogen (secondary N) is 1. The van der Waals surface area contributed by atoms with Crippen LogP contribution in [0.15, 0.2) is 39.4 Å². The van der Waals surface area contributed by atoms with Crippen molar-refractivity contribution in [2.75, 3.05) is 5.32 Å². The molecule has 30 heavy (non-hydrogen) atoms. The van der Waals surface area contributed by atoms with Gasteiger partial charge in [-0.05, 0) is 18.6 Å². The van der Waals surface area contributed by atoms with Gasteiger partial charge < -0.3 is 5.32 Å². The zero-order chi connectivity index (χ0) is 21.6. The second-order valence-electron chi connectivity index (χ2n) is 6.79.